The van der Waals surface area contributed by atoms with Crippen LogP contribution in [0, 0.1) is 0 Å². The highest BCUT2D eigenvalue weighted by atomic mass is 32.2. The Kier molecular flexibility index (Phi) is 9.12. The van der Waals surface area contributed by atoms with Crippen molar-refractivity contribution >= 4 is 28.8 Å². The summed E-state index contributed by atoms with van der Waals surface area (Å²) in [6.45, 7) is 8.37. The van der Waals surface area contributed by atoms with Crippen molar-refractivity contribution in [2.24, 2.45) is 4.99 Å². The standard InChI is InChI=1S/C26H34N4O6S/c1-5-36-25(32)23-17(2)28-26-30(24(23)18-6-7-20(33-3)21(14-18)34-4)19(16-37-26)15-22(31)27-8-9-29-10-12-35-13-11-29/h6-7,14,16,24H,5,8-13,15H2,1-4H3,(H,27,31)/t24-/m1/s1. The predicted octanol–water partition coefficient (Wildman–Crippen LogP) is 2.68. The van der Waals surface area contributed by atoms with Crippen molar-refractivity contribution in [3.05, 3.63) is 46.1 Å². The fourth-order valence-corrected chi connectivity index (χ4v) is 5.55. The molecule has 0 aliphatic carbocycles. The monoisotopic (exact) mass is 530 g/mol. The average Bonchev–Trinajstić information content (AvgIpc) is 3.29. The van der Waals surface area contributed by atoms with Crippen LogP contribution < -0.4 is 14.8 Å². The van der Waals surface area contributed by atoms with Gasteiger partial charge in [-0.1, -0.05) is 17.8 Å². The quantitative estimate of drug-likeness (QED) is 0.458. The molecule has 3 aliphatic rings. The first kappa shape index (κ1) is 27.0. The van der Waals surface area contributed by atoms with Crippen molar-refractivity contribution < 1.29 is 28.5 Å². The number of benzene rings is 1. The molecule has 3 aliphatic heterocycles. The number of thioether (sulfide) groups is 1. The second-order valence-electron chi connectivity index (χ2n) is 8.71. The summed E-state index contributed by atoms with van der Waals surface area (Å²) in [7, 11) is 3.15. The molecule has 0 bridgehead atoms. The van der Waals surface area contributed by atoms with Crippen LogP contribution in [0.15, 0.2) is 45.6 Å². The van der Waals surface area contributed by atoms with Gasteiger partial charge in [0.05, 0.1) is 57.8 Å². The van der Waals surface area contributed by atoms with E-state index in [0.717, 1.165) is 44.1 Å². The number of nitrogens with zero attached hydrogens (tertiary/aromatic N) is 3. The number of allylic oxidation sites excluding steroid dienone is 1. The van der Waals surface area contributed by atoms with Crippen LogP contribution in [0.25, 0.3) is 0 Å². The van der Waals surface area contributed by atoms with Gasteiger partial charge in [-0.05, 0) is 37.0 Å². The van der Waals surface area contributed by atoms with Crippen LogP contribution in [0.4, 0.5) is 0 Å². The van der Waals surface area contributed by atoms with Gasteiger partial charge in [-0.25, -0.2) is 9.79 Å². The summed E-state index contributed by atoms with van der Waals surface area (Å²) >= 11 is 1.44. The van der Waals surface area contributed by atoms with Gasteiger partial charge in [0.2, 0.25) is 5.91 Å². The van der Waals surface area contributed by atoms with Gasteiger partial charge in [0.15, 0.2) is 16.7 Å². The molecule has 1 aromatic rings. The molecule has 11 heteroatoms. The molecular weight excluding hydrogens is 496 g/mol. The predicted molar refractivity (Wildman–Crippen MR) is 141 cm³/mol. The van der Waals surface area contributed by atoms with Crippen LogP contribution in [0.5, 0.6) is 11.5 Å². The van der Waals surface area contributed by atoms with Gasteiger partial charge in [0, 0.05) is 31.9 Å². The van der Waals surface area contributed by atoms with E-state index in [1.54, 1.807) is 28.1 Å². The number of nitrogens with one attached hydrogen (secondary N) is 1. The fourth-order valence-electron chi connectivity index (χ4n) is 4.58. The Bertz CT molecular complexity index is 1110. The Hall–Kier alpha value is -3.02. The molecule has 0 aromatic heterocycles. The maximum absolute atomic E-state index is 13.1. The normalized spacial score (nSPS) is 19.7. The van der Waals surface area contributed by atoms with Gasteiger partial charge < -0.3 is 29.2 Å². The number of amides is 1. The van der Waals surface area contributed by atoms with Crippen LogP contribution in [0.3, 0.4) is 0 Å². The molecule has 4 rings (SSSR count). The molecule has 1 amide bonds. The molecule has 1 aromatic carbocycles. The molecule has 0 saturated carbocycles. The van der Waals surface area contributed by atoms with E-state index in [1.165, 1.54) is 11.8 Å². The first-order valence-corrected chi connectivity index (χ1v) is 13.2. The molecule has 1 atom stereocenters. The third-order valence-corrected chi connectivity index (χ3v) is 7.30. The van der Waals surface area contributed by atoms with E-state index >= 15 is 0 Å². The summed E-state index contributed by atoms with van der Waals surface area (Å²) in [6, 6.07) is 5.02. The molecular formula is C26H34N4O6S. The van der Waals surface area contributed by atoms with Crippen LogP contribution in [0.1, 0.15) is 31.9 Å². The highest BCUT2D eigenvalue weighted by molar-refractivity contribution is 8.16. The SMILES string of the molecule is CCOC(=O)C1=C(C)N=C2SC=C(CC(=O)NCCN3CCOCC3)N2[C@@H]1c1ccc(OC)c(OC)c1. The van der Waals surface area contributed by atoms with Crippen molar-refractivity contribution in [1.82, 2.24) is 15.1 Å². The Morgan fingerprint density at radius 1 is 1.19 bits per heavy atom. The van der Waals surface area contributed by atoms with Gasteiger partial charge in [0.25, 0.3) is 0 Å². The number of amidine groups is 1. The maximum Gasteiger partial charge on any atom is 0.338 e. The van der Waals surface area contributed by atoms with E-state index in [1.807, 2.05) is 28.5 Å². The third kappa shape index (κ3) is 6.11. The largest absolute Gasteiger partial charge is 0.493 e. The molecule has 37 heavy (non-hydrogen) atoms. The van der Waals surface area contributed by atoms with Crippen LogP contribution in [0.2, 0.25) is 0 Å². The first-order chi connectivity index (χ1) is 18.0. The Morgan fingerprint density at radius 2 is 1.95 bits per heavy atom. The van der Waals surface area contributed by atoms with Crippen molar-refractivity contribution in [3.8, 4) is 11.5 Å². The summed E-state index contributed by atoms with van der Waals surface area (Å²) in [5, 5.41) is 5.66. The van der Waals surface area contributed by atoms with E-state index in [-0.39, 0.29) is 18.9 Å². The Balaban J connectivity index is 1.57. The highest BCUT2D eigenvalue weighted by Gasteiger charge is 2.41. The molecule has 3 heterocycles. The summed E-state index contributed by atoms with van der Waals surface area (Å²) < 4.78 is 21.7. The number of rotatable bonds is 10. The summed E-state index contributed by atoms with van der Waals surface area (Å²) in [4.78, 5) is 35.0. The fraction of sp³-hybridized carbons (Fsp3) is 0.500. The third-order valence-electron chi connectivity index (χ3n) is 6.41. The van der Waals surface area contributed by atoms with Crippen LogP contribution in [-0.4, -0.2) is 87.1 Å². The number of morpholine rings is 1. The van der Waals surface area contributed by atoms with Crippen LogP contribution >= 0.6 is 11.8 Å². The smallest absolute Gasteiger partial charge is 0.338 e. The molecule has 200 valence electrons. The molecule has 10 nitrogen and oxygen atoms in total. The summed E-state index contributed by atoms with van der Waals surface area (Å²) in [5.41, 5.74) is 2.58. The number of esters is 1. The first-order valence-electron chi connectivity index (χ1n) is 12.4. The lowest BCUT2D eigenvalue weighted by Gasteiger charge is -2.36. The summed E-state index contributed by atoms with van der Waals surface area (Å²) in [6.07, 6.45) is 0.161. The van der Waals surface area contributed by atoms with Gasteiger partial charge in [0.1, 0.15) is 0 Å². The number of carbonyl (C=O) groups excluding carboxylic acids is 2. The van der Waals surface area contributed by atoms with Gasteiger partial charge in [-0.15, -0.1) is 0 Å². The number of ether oxygens (including phenoxy) is 4. The van der Waals surface area contributed by atoms with E-state index in [2.05, 4.69) is 15.2 Å². The van der Waals surface area contributed by atoms with Crippen molar-refractivity contribution in [1.29, 1.82) is 0 Å². The van der Waals surface area contributed by atoms with Crippen molar-refractivity contribution in [3.63, 3.8) is 0 Å². The van der Waals surface area contributed by atoms with Crippen LogP contribution in [-0.2, 0) is 19.1 Å². The molecule has 1 N–H and O–H groups in total. The Labute approximate surface area is 221 Å². The highest BCUT2D eigenvalue weighted by Crippen LogP contribution is 2.46. The lowest BCUT2D eigenvalue weighted by molar-refractivity contribution is -0.139. The maximum atomic E-state index is 13.1. The zero-order chi connectivity index (χ0) is 26.4. The van der Waals surface area contributed by atoms with E-state index < -0.39 is 12.0 Å². The zero-order valence-electron chi connectivity index (χ0n) is 21.7. The minimum atomic E-state index is -0.534. The molecule has 1 fully saturated rings. The van der Waals surface area contributed by atoms with E-state index in [0.29, 0.717) is 34.5 Å². The van der Waals surface area contributed by atoms with E-state index in [4.69, 9.17) is 18.9 Å². The molecule has 0 radical (unpaired) electrons. The topological polar surface area (TPSA) is 102 Å². The Morgan fingerprint density at radius 3 is 2.65 bits per heavy atom. The number of methoxy groups -OCH3 is 2. The van der Waals surface area contributed by atoms with Crippen molar-refractivity contribution in [2.45, 2.75) is 26.3 Å². The number of hydrogen-bond acceptors (Lipinski definition) is 10. The number of aliphatic imine (C=N–C) groups is 1. The van der Waals surface area contributed by atoms with Gasteiger partial charge in [-0.2, -0.15) is 0 Å². The molecule has 1 saturated heterocycles. The summed E-state index contributed by atoms with van der Waals surface area (Å²) in [5.74, 6) is 0.605. The minimum Gasteiger partial charge on any atom is -0.493 e. The van der Waals surface area contributed by atoms with E-state index in [9.17, 15) is 9.59 Å². The number of hydrogen-bond donors (Lipinski definition) is 1. The average molecular weight is 531 g/mol. The van der Waals surface area contributed by atoms with Crippen molar-refractivity contribution in [2.75, 3.05) is 60.2 Å². The second-order valence-corrected chi connectivity index (χ2v) is 9.55. The van der Waals surface area contributed by atoms with Gasteiger partial charge >= 0.3 is 5.97 Å². The molecule has 0 spiro atoms. The molecule has 0 unspecified atom stereocenters. The second kappa shape index (κ2) is 12.5. The lowest BCUT2D eigenvalue weighted by Crippen LogP contribution is -2.42. The lowest BCUT2D eigenvalue weighted by atomic mass is 9.93. The minimum absolute atomic E-state index is 0.0867. The zero-order valence-corrected chi connectivity index (χ0v) is 22.6. The van der Waals surface area contributed by atoms with Gasteiger partial charge in [-0.3, -0.25) is 9.69 Å². The number of carbonyl (C=O) groups is 2. The number of fused-ring (bicyclic) bond motifs is 1.